The van der Waals surface area contributed by atoms with Gasteiger partial charge in [0, 0.05) is 38.4 Å². The van der Waals surface area contributed by atoms with Crippen molar-refractivity contribution in [1.82, 2.24) is 14.8 Å². The predicted octanol–water partition coefficient (Wildman–Crippen LogP) is 1.92. The Balaban J connectivity index is 1.58. The highest BCUT2D eigenvalue weighted by atomic mass is 19.1. The van der Waals surface area contributed by atoms with E-state index in [1.54, 1.807) is 0 Å². The number of rotatable bonds is 2. The fraction of sp³-hybridized carbons (Fsp3) is 0.600. The van der Waals surface area contributed by atoms with Crippen molar-refractivity contribution in [2.24, 2.45) is 0 Å². The van der Waals surface area contributed by atoms with Crippen LogP contribution in [0.2, 0.25) is 0 Å². The van der Waals surface area contributed by atoms with Crippen molar-refractivity contribution in [3.05, 3.63) is 29.8 Å². The topological polar surface area (TPSA) is 36.4 Å². The van der Waals surface area contributed by atoms with Crippen molar-refractivity contribution >= 4 is 5.91 Å². The fourth-order valence-corrected chi connectivity index (χ4v) is 3.27. The number of aromatic nitrogens is 1. The maximum absolute atomic E-state index is 13.1. The summed E-state index contributed by atoms with van der Waals surface area (Å²) in [4.78, 5) is 20.3. The van der Waals surface area contributed by atoms with E-state index in [4.69, 9.17) is 0 Å². The van der Waals surface area contributed by atoms with Gasteiger partial charge in [-0.05, 0) is 18.9 Å². The van der Waals surface area contributed by atoms with Gasteiger partial charge in [0.15, 0.2) is 0 Å². The molecule has 1 amide bonds. The summed E-state index contributed by atoms with van der Waals surface area (Å²) in [5.41, 5.74) is 0.347. The van der Waals surface area contributed by atoms with Crippen LogP contribution in [-0.4, -0.2) is 52.9 Å². The van der Waals surface area contributed by atoms with Gasteiger partial charge in [-0.3, -0.25) is 14.7 Å². The van der Waals surface area contributed by atoms with Crippen LogP contribution in [0.4, 0.5) is 4.39 Å². The Bertz CT molecular complexity index is 480. The van der Waals surface area contributed by atoms with E-state index in [-0.39, 0.29) is 5.91 Å². The Morgan fingerprint density at radius 1 is 1.15 bits per heavy atom. The molecule has 0 unspecified atom stereocenters. The summed E-state index contributed by atoms with van der Waals surface area (Å²) in [6.07, 6.45) is 7.81. The van der Waals surface area contributed by atoms with Crippen molar-refractivity contribution in [2.45, 2.75) is 31.7 Å². The second kappa shape index (κ2) is 5.87. The molecular formula is C15H20FN3O. The Morgan fingerprint density at radius 2 is 1.85 bits per heavy atom. The molecule has 0 aromatic carbocycles. The molecule has 0 bridgehead atoms. The van der Waals surface area contributed by atoms with Gasteiger partial charge in [-0.1, -0.05) is 12.8 Å². The summed E-state index contributed by atoms with van der Waals surface area (Å²) >= 11 is 0. The number of carbonyl (C=O) groups excluding carboxylic acids is 1. The lowest BCUT2D eigenvalue weighted by Crippen LogP contribution is -2.51. The van der Waals surface area contributed by atoms with Crippen LogP contribution in [0.15, 0.2) is 18.5 Å². The molecule has 2 fully saturated rings. The lowest BCUT2D eigenvalue weighted by molar-refractivity contribution is 0.0572. The zero-order valence-corrected chi connectivity index (χ0v) is 11.6. The second-order valence-corrected chi connectivity index (χ2v) is 5.66. The van der Waals surface area contributed by atoms with Crippen LogP contribution in [0, 0.1) is 5.82 Å². The average molecular weight is 277 g/mol. The van der Waals surface area contributed by atoms with E-state index in [1.807, 2.05) is 4.90 Å². The molecule has 1 saturated carbocycles. The molecule has 2 aliphatic rings. The van der Waals surface area contributed by atoms with Crippen molar-refractivity contribution in [1.29, 1.82) is 0 Å². The van der Waals surface area contributed by atoms with Crippen LogP contribution in [0.1, 0.15) is 36.0 Å². The maximum atomic E-state index is 13.1. The van der Waals surface area contributed by atoms with E-state index >= 15 is 0 Å². The zero-order valence-electron chi connectivity index (χ0n) is 11.6. The van der Waals surface area contributed by atoms with E-state index in [9.17, 15) is 9.18 Å². The van der Waals surface area contributed by atoms with Gasteiger partial charge in [-0.25, -0.2) is 4.39 Å². The summed E-state index contributed by atoms with van der Waals surface area (Å²) in [5, 5.41) is 0. The normalized spacial score (nSPS) is 21.4. The highest BCUT2D eigenvalue weighted by Crippen LogP contribution is 2.24. The molecule has 20 heavy (non-hydrogen) atoms. The van der Waals surface area contributed by atoms with E-state index in [0.717, 1.165) is 32.4 Å². The Kier molecular flexibility index (Phi) is 3.96. The zero-order chi connectivity index (χ0) is 13.9. The first-order valence-corrected chi connectivity index (χ1v) is 7.38. The third kappa shape index (κ3) is 2.82. The van der Waals surface area contributed by atoms with Crippen molar-refractivity contribution in [2.75, 3.05) is 26.2 Å². The third-order valence-electron chi connectivity index (χ3n) is 4.39. The van der Waals surface area contributed by atoms with Crippen molar-refractivity contribution in [3.63, 3.8) is 0 Å². The smallest absolute Gasteiger partial charge is 0.255 e. The number of pyridine rings is 1. The van der Waals surface area contributed by atoms with Crippen LogP contribution in [0.3, 0.4) is 0 Å². The van der Waals surface area contributed by atoms with Gasteiger partial charge >= 0.3 is 0 Å². The molecule has 0 radical (unpaired) electrons. The second-order valence-electron chi connectivity index (χ2n) is 5.66. The number of nitrogens with zero attached hydrogens (tertiary/aromatic N) is 3. The minimum absolute atomic E-state index is 0.108. The molecule has 1 aromatic rings. The number of halogens is 1. The molecule has 0 atom stereocenters. The SMILES string of the molecule is O=C(c1cncc(F)c1)N1CCN(C2CCCC2)CC1. The molecule has 108 valence electrons. The molecule has 0 N–H and O–H groups in total. The van der Waals surface area contributed by atoms with Gasteiger partial charge in [-0.2, -0.15) is 0 Å². The number of hydrogen-bond donors (Lipinski definition) is 0. The predicted molar refractivity (Wildman–Crippen MR) is 73.9 cm³/mol. The lowest BCUT2D eigenvalue weighted by Gasteiger charge is -2.38. The summed E-state index contributed by atoms with van der Waals surface area (Å²) in [6, 6.07) is 1.97. The standard InChI is InChI=1S/C15H20FN3O/c16-13-9-12(10-17-11-13)15(20)19-7-5-18(6-8-19)14-3-1-2-4-14/h9-11,14H,1-8H2. The molecule has 1 aliphatic heterocycles. The van der Waals surface area contributed by atoms with E-state index in [0.29, 0.717) is 11.6 Å². The molecule has 0 spiro atoms. The van der Waals surface area contributed by atoms with E-state index in [1.165, 1.54) is 37.9 Å². The summed E-state index contributed by atoms with van der Waals surface area (Å²) in [7, 11) is 0. The molecule has 1 saturated heterocycles. The molecule has 3 rings (SSSR count). The summed E-state index contributed by atoms with van der Waals surface area (Å²) < 4.78 is 13.1. The number of carbonyl (C=O) groups is 1. The molecular weight excluding hydrogens is 257 g/mol. The highest BCUT2D eigenvalue weighted by Gasteiger charge is 2.28. The fourth-order valence-electron chi connectivity index (χ4n) is 3.27. The van der Waals surface area contributed by atoms with Crippen LogP contribution in [-0.2, 0) is 0 Å². The molecule has 1 aliphatic carbocycles. The van der Waals surface area contributed by atoms with Crippen LogP contribution < -0.4 is 0 Å². The monoisotopic (exact) mass is 277 g/mol. The first kappa shape index (κ1) is 13.5. The van der Waals surface area contributed by atoms with Gasteiger partial charge in [0.25, 0.3) is 5.91 Å². The lowest BCUT2D eigenvalue weighted by atomic mass is 10.1. The minimum atomic E-state index is -0.458. The summed E-state index contributed by atoms with van der Waals surface area (Å²) in [6.45, 7) is 3.32. The Morgan fingerprint density at radius 3 is 2.50 bits per heavy atom. The first-order valence-electron chi connectivity index (χ1n) is 7.38. The van der Waals surface area contributed by atoms with Gasteiger partial charge in [0.1, 0.15) is 5.82 Å². The minimum Gasteiger partial charge on any atom is -0.336 e. The third-order valence-corrected chi connectivity index (χ3v) is 4.39. The van der Waals surface area contributed by atoms with Crippen LogP contribution >= 0.6 is 0 Å². The number of hydrogen-bond acceptors (Lipinski definition) is 3. The van der Waals surface area contributed by atoms with Crippen LogP contribution in [0.25, 0.3) is 0 Å². The Labute approximate surface area is 118 Å². The molecule has 4 nitrogen and oxygen atoms in total. The number of amides is 1. The molecule has 1 aromatic heterocycles. The quantitative estimate of drug-likeness (QED) is 0.828. The molecule has 2 heterocycles. The molecule has 5 heteroatoms. The summed E-state index contributed by atoms with van der Waals surface area (Å²) in [5.74, 6) is -0.566. The first-order chi connectivity index (χ1) is 9.74. The van der Waals surface area contributed by atoms with E-state index < -0.39 is 5.82 Å². The number of piperazine rings is 1. The van der Waals surface area contributed by atoms with Gasteiger partial charge in [0.05, 0.1) is 11.8 Å². The largest absolute Gasteiger partial charge is 0.336 e. The van der Waals surface area contributed by atoms with Gasteiger partial charge in [0.2, 0.25) is 0 Å². The maximum Gasteiger partial charge on any atom is 0.255 e. The van der Waals surface area contributed by atoms with Crippen molar-refractivity contribution < 1.29 is 9.18 Å². The van der Waals surface area contributed by atoms with E-state index in [2.05, 4.69) is 9.88 Å². The van der Waals surface area contributed by atoms with Crippen LogP contribution in [0.5, 0.6) is 0 Å². The highest BCUT2D eigenvalue weighted by molar-refractivity contribution is 5.94. The van der Waals surface area contributed by atoms with Gasteiger partial charge in [-0.15, -0.1) is 0 Å². The van der Waals surface area contributed by atoms with Crippen molar-refractivity contribution in [3.8, 4) is 0 Å². The average Bonchev–Trinajstić information content (AvgIpc) is 3.01. The Hall–Kier alpha value is -1.49. The van der Waals surface area contributed by atoms with Gasteiger partial charge < -0.3 is 4.90 Å².